The molecule has 1 aromatic carbocycles. The Morgan fingerprint density at radius 2 is 1.76 bits per heavy atom. The SMILES string of the molecule is CC(CNC(C)(C)C)NCc1ccc(Br)cc1. The Bertz CT molecular complexity index is 327. The van der Waals surface area contributed by atoms with E-state index in [0.29, 0.717) is 6.04 Å². The summed E-state index contributed by atoms with van der Waals surface area (Å²) in [7, 11) is 0. The Kier molecular flexibility index (Phi) is 5.63. The van der Waals surface area contributed by atoms with Crippen LogP contribution in [0.4, 0.5) is 0 Å². The van der Waals surface area contributed by atoms with Gasteiger partial charge < -0.3 is 10.6 Å². The van der Waals surface area contributed by atoms with Gasteiger partial charge in [-0.1, -0.05) is 28.1 Å². The molecule has 0 aromatic heterocycles. The molecule has 1 atom stereocenters. The number of hydrogen-bond acceptors (Lipinski definition) is 2. The molecule has 1 aromatic rings. The van der Waals surface area contributed by atoms with E-state index in [4.69, 9.17) is 0 Å². The summed E-state index contributed by atoms with van der Waals surface area (Å²) in [6.07, 6.45) is 0. The van der Waals surface area contributed by atoms with E-state index in [9.17, 15) is 0 Å². The highest BCUT2D eigenvalue weighted by Gasteiger charge is 2.10. The second-order valence-corrected chi connectivity index (χ2v) is 6.45. The predicted molar refractivity (Wildman–Crippen MR) is 78.2 cm³/mol. The molecule has 0 aliphatic carbocycles. The zero-order valence-electron chi connectivity index (χ0n) is 11.2. The predicted octanol–water partition coefficient (Wildman–Crippen LogP) is 3.32. The van der Waals surface area contributed by atoms with Crippen molar-refractivity contribution in [1.29, 1.82) is 0 Å². The zero-order chi connectivity index (χ0) is 12.9. The molecule has 0 aliphatic heterocycles. The monoisotopic (exact) mass is 298 g/mol. The quantitative estimate of drug-likeness (QED) is 0.871. The average molecular weight is 299 g/mol. The first-order chi connectivity index (χ1) is 7.87. The van der Waals surface area contributed by atoms with E-state index in [2.05, 4.69) is 78.5 Å². The van der Waals surface area contributed by atoms with Crippen LogP contribution in [0.2, 0.25) is 0 Å². The number of halogens is 1. The largest absolute Gasteiger partial charge is 0.311 e. The minimum absolute atomic E-state index is 0.188. The van der Waals surface area contributed by atoms with Crippen LogP contribution in [0.15, 0.2) is 28.7 Å². The van der Waals surface area contributed by atoms with Crippen LogP contribution >= 0.6 is 15.9 Å². The molecule has 3 heteroatoms. The first-order valence-corrected chi connectivity index (χ1v) is 6.89. The standard InChI is InChI=1S/C14H23BrN2/c1-11(9-17-14(2,3)4)16-10-12-5-7-13(15)8-6-12/h5-8,11,16-17H,9-10H2,1-4H3. The van der Waals surface area contributed by atoms with E-state index in [1.807, 2.05) is 0 Å². The molecule has 0 saturated carbocycles. The van der Waals surface area contributed by atoms with Gasteiger partial charge in [0.1, 0.15) is 0 Å². The highest BCUT2D eigenvalue weighted by Crippen LogP contribution is 2.10. The molecule has 0 fully saturated rings. The van der Waals surface area contributed by atoms with Crippen LogP contribution in [-0.2, 0) is 6.54 Å². The fraction of sp³-hybridized carbons (Fsp3) is 0.571. The van der Waals surface area contributed by atoms with Gasteiger partial charge in [0.05, 0.1) is 0 Å². The lowest BCUT2D eigenvalue weighted by molar-refractivity contribution is 0.387. The molecule has 2 nitrogen and oxygen atoms in total. The van der Waals surface area contributed by atoms with Crippen LogP contribution in [0, 0.1) is 0 Å². The van der Waals surface area contributed by atoms with Crippen LogP contribution < -0.4 is 10.6 Å². The van der Waals surface area contributed by atoms with Crippen LogP contribution in [0.3, 0.4) is 0 Å². The number of nitrogens with one attached hydrogen (secondary N) is 2. The second kappa shape index (κ2) is 6.53. The molecule has 96 valence electrons. The number of benzene rings is 1. The van der Waals surface area contributed by atoms with Crippen molar-refractivity contribution >= 4 is 15.9 Å². The molecule has 0 radical (unpaired) electrons. The van der Waals surface area contributed by atoms with Crippen molar-refractivity contribution in [3.8, 4) is 0 Å². The van der Waals surface area contributed by atoms with E-state index < -0.39 is 0 Å². The first-order valence-electron chi connectivity index (χ1n) is 6.10. The summed E-state index contributed by atoms with van der Waals surface area (Å²) in [5, 5.41) is 7.01. The average Bonchev–Trinajstić information content (AvgIpc) is 2.25. The number of hydrogen-bond donors (Lipinski definition) is 2. The molecule has 0 heterocycles. The molecule has 0 spiro atoms. The van der Waals surface area contributed by atoms with E-state index in [-0.39, 0.29) is 5.54 Å². The van der Waals surface area contributed by atoms with Gasteiger partial charge in [0, 0.05) is 29.1 Å². The van der Waals surface area contributed by atoms with Gasteiger partial charge in [0.2, 0.25) is 0 Å². The maximum Gasteiger partial charge on any atom is 0.0208 e. The van der Waals surface area contributed by atoms with E-state index in [1.165, 1.54) is 5.56 Å². The maximum atomic E-state index is 3.51. The minimum Gasteiger partial charge on any atom is -0.311 e. The normalized spacial score (nSPS) is 13.7. The summed E-state index contributed by atoms with van der Waals surface area (Å²) in [5.74, 6) is 0. The maximum absolute atomic E-state index is 3.51. The molecular formula is C14H23BrN2. The summed E-state index contributed by atoms with van der Waals surface area (Å²) in [5.41, 5.74) is 1.50. The van der Waals surface area contributed by atoms with Gasteiger partial charge in [-0.2, -0.15) is 0 Å². The summed E-state index contributed by atoms with van der Waals surface area (Å²) in [6.45, 7) is 10.7. The first kappa shape index (κ1) is 14.7. The van der Waals surface area contributed by atoms with Crippen LogP contribution in [0.1, 0.15) is 33.3 Å². The Balaban J connectivity index is 2.28. The summed E-state index contributed by atoms with van der Waals surface area (Å²) < 4.78 is 1.13. The van der Waals surface area contributed by atoms with E-state index in [0.717, 1.165) is 17.6 Å². The van der Waals surface area contributed by atoms with Crippen molar-refractivity contribution in [3.63, 3.8) is 0 Å². The van der Waals surface area contributed by atoms with Crippen LogP contribution in [0.25, 0.3) is 0 Å². The third-order valence-electron chi connectivity index (χ3n) is 2.51. The molecule has 17 heavy (non-hydrogen) atoms. The van der Waals surface area contributed by atoms with Crippen molar-refractivity contribution < 1.29 is 0 Å². The Morgan fingerprint density at radius 1 is 1.18 bits per heavy atom. The smallest absolute Gasteiger partial charge is 0.0208 e. The fourth-order valence-corrected chi connectivity index (χ4v) is 1.69. The molecule has 0 saturated heterocycles. The lowest BCUT2D eigenvalue weighted by atomic mass is 10.1. The van der Waals surface area contributed by atoms with Crippen LogP contribution in [0.5, 0.6) is 0 Å². The third-order valence-corrected chi connectivity index (χ3v) is 3.04. The molecular weight excluding hydrogens is 276 g/mol. The summed E-state index contributed by atoms with van der Waals surface area (Å²) >= 11 is 3.44. The lowest BCUT2D eigenvalue weighted by Gasteiger charge is -2.24. The Hall–Kier alpha value is -0.380. The Labute approximate surface area is 113 Å². The van der Waals surface area contributed by atoms with Crippen molar-refractivity contribution in [2.75, 3.05) is 6.54 Å². The van der Waals surface area contributed by atoms with E-state index in [1.54, 1.807) is 0 Å². The van der Waals surface area contributed by atoms with Crippen molar-refractivity contribution in [1.82, 2.24) is 10.6 Å². The van der Waals surface area contributed by atoms with Gasteiger partial charge in [-0.15, -0.1) is 0 Å². The van der Waals surface area contributed by atoms with Gasteiger partial charge in [-0.05, 0) is 45.4 Å². The fourth-order valence-electron chi connectivity index (χ4n) is 1.43. The second-order valence-electron chi connectivity index (χ2n) is 5.54. The van der Waals surface area contributed by atoms with Crippen LogP contribution in [-0.4, -0.2) is 18.1 Å². The Morgan fingerprint density at radius 3 is 2.29 bits per heavy atom. The summed E-state index contributed by atoms with van der Waals surface area (Å²) in [6, 6.07) is 8.91. The van der Waals surface area contributed by atoms with Gasteiger partial charge in [-0.3, -0.25) is 0 Å². The van der Waals surface area contributed by atoms with Gasteiger partial charge >= 0.3 is 0 Å². The molecule has 0 aliphatic rings. The minimum atomic E-state index is 0.188. The van der Waals surface area contributed by atoms with E-state index >= 15 is 0 Å². The van der Waals surface area contributed by atoms with Crippen molar-refractivity contribution in [2.45, 2.75) is 45.8 Å². The third kappa shape index (κ3) is 6.81. The van der Waals surface area contributed by atoms with Gasteiger partial charge in [0.25, 0.3) is 0 Å². The highest BCUT2D eigenvalue weighted by molar-refractivity contribution is 9.10. The molecule has 1 rings (SSSR count). The lowest BCUT2D eigenvalue weighted by Crippen LogP contribution is -2.44. The molecule has 2 N–H and O–H groups in total. The highest BCUT2D eigenvalue weighted by atomic mass is 79.9. The van der Waals surface area contributed by atoms with Crippen molar-refractivity contribution in [2.24, 2.45) is 0 Å². The summed E-state index contributed by atoms with van der Waals surface area (Å²) in [4.78, 5) is 0. The molecule has 0 bridgehead atoms. The molecule has 0 amide bonds. The zero-order valence-corrected chi connectivity index (χ0v) is 12.8. The van der Waals surface area contributed by atoms with Crippen molar-refractivity contribution in [3.05, 3.63) is 34.3 Å². The molecule has 1 unspecified atom stereocenters. The topological polar surface area (TPSA) is 24.1 Å². The number of rotatable bonds is 5. The van der Waals surface area contributed by atoms with Gasteiger partial charge in [-0.25, -0.2) is 0 Å². The van der Waals surface area contributed by atoms with Gasteiger partial charge in [0.15, 0.2) is 0 Å².